The summed E-state index contributed by atoms with van der Waals surface area (Å²) in [5.41, 5.74) is 1.59. The summed E-state index contributed by atoms with van der Waals surface area (Å²) in [5, 5.41) is 6.12. The molecule has 1 saturated heterocycles. The maximum absolute atomic E-state index is 13.2. The fraction of sp³-hybridized carbons (Fsp3) is 0.400. The van der Waals surface area contributed by atoms with Crippen molar-refractivity contribution < 1.29 is 13.6 Å². The van der Waals surface area contributed by atoms with Gasteiger partial charge < -0.3 is 9.32 Å². The van der Waals surface area contributed by atoms with Crippen LogP contribution in [0, 0.1) is 5.82 Å². The lowest BCUT2D eigenvalue weighted by Gasteiger charge is -2.32. The molecule has 27 heavy (non-hydrogen) atoms. The van der Waals surface area contributed by atoms with Gasteiger partial charge in [0.05, 0.1) is 18.5 Å². The molecule has 4 rings (SSSR count). The highest BCUT2D eigenvalue weighted by Crippen LogP contribution is 2.33. The monoisotopic (exact) mass is 370 g/mol. The number of carbonyl (C=O) groups is 1. The van der Waals surface area contributed by atoms with E-state index < -0.39 is 0 Å². The van der Waals surface area contributed by atoms with Crippen LogP contribution in [0.2, 0.25) is 0 Å². The second-order valence-corrected chi connectivity index (χ2v) is 7.11. The molecule has 0 bridgehead atoms. The molecule has 142 valence electrons. The summed E-state index contributed by atoms with van der Waals surface area (Å²) >= 11 is 0. The maximum Gasteiger partial charge on any atom is 0.257 e. The molecule has 7 heteroatoms. The predicted octanol–water partition coefficient (Wildman–Crippen LogP) is 2.34. The molecule has 3 heterocycles. The second kappa shape index (κ2) is 7.62. The smallest absolute Gasteiger partial charge is 0.257 e. The first kappa shape index (κ1) is 17.9. The largest absolute Gasteiger partial charge is 0.467 e. The third-order valence-electron chi connectivity index (χ3n) is 5.17. The van der Waals surface area contributed by atoms with Crippen LogP contribution in [-0.4, -0.2) is 66.2 Å². The highest BCUT2D eigenvalue weighted by molar-refractivity contribution is 6.03. The number of piperazine rings is 1. The van der Waals surface area contributed by atoms with E-state index in [-0.39, 0.29) is 17.8 Å². The van der Waals surface area contributed by atoms with E-state index in [1.165, 1.54) is 17.1 Å². The molecule has 6 nitrogen and oxygen atoms in total. The van der Waals surface area contributed by atoms with E-state index in [0.29, 0.717) is 18.7 Å². The molecule has 2 aliphatic heterocycles. The topological polar surface area (TPSA) is 52.3 Å². The van der Waals surface area contributed by atoms with Gasteiger partial charge in [-0.15, -0.1) is 0 Å². The molecule has 1 atom stereocenters. The van der Waals surface area contributed by atoms with E-state index in [2.05, 4.69) is 21.9 Å². The standard InChI is InChI=1S/C20H23FN4O2/c1-23-8-10-24(11-9-23)14-20(26)25-18(19-3-2-12-27-19)13-17(22-25)15-4-6-16(21)7-5-15/h2-7,12,18H,8-11,13-14H2,1H3. The maximum atomic E-state index is 13.2. The number of benzene rings is 1. The van der Waals surface area contributed by atoms with Gasteiger partial charge in [0.15, 0.2) is 0 Å². The van der Waals surface area contributed by atoms with Gasteiger partial charge in [-0.3, -0.25) is 9.69 Å². The average molecular weight is 370 g/mol. The van der Waals surface area contributed by atoms with Crippen LogP contribution in [-0.2, 0) is 4.79 Å². The quantitative estimate of drug-likeness (QED) is 0.829. The Balaban J connectivity index is 1.54. The van der Waals surface area contributed by atoms with Gasteiger partial charge in [-0.1, -0.05) is 12.1 Å². The number of nitrogens with zero attached hydrogens (tertiary/aromatic N) is 4. The van der Waals surface area contributed by atoms with Gasteiger partial charge in [-0.05, 0) is 36.9 Å². The Morgan fingerprint density at radius 1 is 1.19 bits per heavy atom. The van der Waals surface area contributed by atoms with Crippen LogP contribution in [0.5, 0.6) is 0 Å². The van der Waals surface area contributed by atoms with Gasteiger partial charge in [-0.2, -0.15) is 5.10 Å². The van der Waals surface area contributed by atoms with Crippen molar-refractivity contribution in [3.63, 3.8) is 0 Å². The fourth-order valence-corrected chi connectivity index (χ4v) is 3.53. The molecule has 0 radical (unpaired) electrons. The van der Waals surface area contributed by atoms with Gasteiger partial charge in [0, 0.05) is 32.6 Å². The summed E-state index contributed by atoms with van der Waals surface area (Å²) in [4.78, 5) is 17.4. The van der Waals surface area contributed by atoms with E-state index in [1.54, 1.807) is 18.4 Å². The van der Waals surface area contributed by atoms with Crippen molar-refractivity contribution in [2.75, 3.05) is 39.8 Å². The van der Waals surface area contributed by atoms with E-state index in [9.17, 15) is 9.18 Å². The summed E-state index contributed by atoms with van der Waals surface area (Å²) < 4.78 is 18.8. The Kier molecular flexibility index (Phi) is 5.05. The SMILES string of the molecule is CN1CCN(CC(=O)N2N=C(c3ccc(F)cc3)CC2c2ccco2)CC1. The van der Waals surface area contributed by atoms with Crippen molar-refractivity contribution >= 4 is 11.6 Å². The van der Waals surface area contributed by atoms with Crippen LogP contribution >= 0.6 is 0 Å². The first-order valence-corrected chi connectivity index (χ1v) is 9.20. The van der Waals surface area contributed by atoms with Gasteiger partial charge in [0.1, 0.15) is 17.6 Å². The van der Waals surface area contributed by atoms with E-state index >= 15 is 0 Å². The van der Waals surface area contributed by atoms with E-state index in [0.717, 1.165) is 37.5 Å². The number of hydrazone groups is 1. The highest BCUT2D eigenvalue weighted by Gasteiger charge is 2.35. The van der Waals surface area contributed by atoms with Gasteiger partial charge in [-0.25, -0.2) is 9.40 Å². The zero-order valence-corrected chi connectivity index (χ0v) is 15.3. The Hall–Kier alpha value is -2.51. The normalized spacial score (nSPS) is 21.5. The summed E-state index contributed by atoms with van der Waals surface area (Å²) in [6, 6.07) is 9.63. The zero-order valence-electron chi connectivity index (χ0n) is 15.3. The lowest BCUT2D eigenvalue weighted by molar-refractivity contribution is -0.135. The molecule has 1 unspecified atom stereocenters. The molecule has 2 aliphatic rings. The van der Waals surface area contributed by atoms with Crippen molar-refractivity contribution in [3.05, 3.63) is 59.8 Å². The van der Waals surface area contributed by atoms with Crippen molar-refractivity contribution in [2.24, 2.45) is 5.10 Å². The summed E-state index contributed by atoms with van der Waals surface area (Å²) in [7, 11) is 2.09. The van der Waals surface area contributed by atoms with Crippen LogP contribution in [0.15, 0.2) is 52.2 Å². The summed E-state index contributed by atoms with van der Waals surface area (Å²) in [5.74, 6) is 0.378. The molecule has 1 amide bonds. The highest BCUT2D eigenvalue weighted by atomic mass is 19.1. The molecule has 0 aliphatic carbocycles. The minimum Gasteiger partial charge on any atom is -0.467 e. The van der Waals surface area contributed by atoms with Crippen molar-refractivity contribution in [2.45, 2.75) is 12.5 Å². The molecule has 0 spiro atoms. The second-order valence-electron chi connectivity index (χ2n) is 7.11. The van der Waals surface area contributed by atoms with E-state index in [1.807, 2.05) is 12.1 Å². The number of carbonyl (C=O) groups excluding carboxylic acids is 1. The third kappa shape index (κ3) is 3.94. The van der Waals surface area contributed by atoms with Crippen LogP contribution in [0.1, 0.15) is 23.8 Å². The number of furan rings is 1. The third-order valence-corrected chi connectivity index (χ3v) is 5.17. The van der Waals surface area contributed by atoms with Crippen LogP contribution in [0.3, 0.4) is 0 Å². The van der Waals surface area contributed by atoms with Crippen molar-refractivity contribution in [1.82, 2.24) is 14.8 Å². The van der Waals surface area contributed by atoms with Crippen LogP contribution in [0.4, 0.5) is 4.39 Å². The molecule has 1 aromatic heterocycles. The molecule has 1 aromatic carbocycles. The molecule has 0 saturated carbocycles. The molecule has 0 N–H and O–H groups in total. The minimum atomic E-state index is -0.289. The number of amides is 1. The summed E-state index contributed by atoms with van der Waals surface area (Å²) in [6.07, 6.45) is 2.15. The zero-order chi connectivity index (χ0) is 18.8. The van der Waals surface area contributed by atoms with Crippen LogP contribution in [0.25, 0.3) is 0 Å². The van der Waals surface area contributed by atoms with Crippen molar-refractivity contribution in [3.8, 4) is 0 Å². The van der Waals surface area contributed by atoms with Crippen molar-refractivity contribution in [1.29, 1.82) is 0 Å². The van der Waals surface area contributed by atoms with Gasteiger partial charge >= 0.3 is 0 Å². The lowest BCUT2D eigenvalue weighted by atomic mass is 10.0. The first-order chi connectivity index (χ1) is 13.1. The van der Waals surface area contributed by atoms with Gasteiger partial charge in [0.2, 0.25) is 0 Å². The van der Waals surface area contributed by atoms with Crippen LogP contribution < -0.4 is 0 Å². The Morgan fingerprint density at radius 3 is 2.59 bits per heavy atom. The minimum absolute atomic E-state index is 0.0435. The molecular formula is C20H23FN4O2. The lowest BCUT2D eigenvalue weighted by Crippen LogP contribution is -2.48. The number of hydrogen-bond donors (Lipinski definition) is 0. The number of rotatable bonds is 4. The molecule has 1 fully saturated rings. The van der Waals surface area contributed by atoms with E-state index in [4.69, 9.17) is 4.42 Å². The Bertz CT molecular complexity index is 811. The summed E-state index contributed by atoms with van der Waals surface area (Å²) in [6.45, 7) is 4.00. The fourth-order valence-electron chi connectivity index (χ4n) is 3.53. The predicted molar refractivity (Wildman–Crippen MR) is 99.8 cm³/mol. The Labute approximate surface area is 157 Å². The number of halogens is 1. The molecular weight excluding hydrogens is 347 g/mol. The Morgan fingerprint density at radius 2 is 1.93 bits per heavy atom. The first-order valence-electron chi connectivity index (χ1n) is 9.20. The molecule has 2 aromatic rings. The number of hydrogen-bond acceptors (Lipinski definition) is 5. The average Bonchev–Trinajstić information content (AvgIpc) is 3.33. The number of likely N-dealkylation sites (N-methyl/N-ethyl adjacent to an activating group) is 1. The van der Waals surface area contributed by atoms with Gasteiger partial charge in [0.25, 0.3) is 5.91 Å².